The molecule has 2 N–H and O–H groups in total. The van der Waals surface area contributed by atoms with Crippen molar-refractivity contribution in [2.24, 2.45) is 5.84 Å². The summed E-state index contributed by atoms with van der Waals surface area (Å²) in [4.78, 5) is 15.8. The molecule has 0 aliphatic rings. The highest BCUT2D eigenvalue weighted by Crippen LogP contribution is 2.11. The van der Waals surface area contributed by atoms with E-state index in [4.69, 9.17) is 5.84 Å². The predicted molar refractivity (Wildman–Crippen MR) is 66.1 cm³/mol. The lowest BCUT2D eigenvalue weighted by atomic mass is 10.2. The Balaban J connectivity index is 2.06. The number of anilines is 1. The van der Waals surface area contributed by atoms with Crippen molar-refractivity contribution in [3.8, 4) is 0 Å². The minimum absolute atomic E-state index is 0.151. The van der Waals surface area contributed by atoms with Gasteiger partial charge in [-0.25, -0.2) is 10.9 Å². The van der Waals surface area contributed by atoms with Crippen molar-refractivity contribution in [3.63, 3.8) is 0 Å². The molecule has 0 unspecified atom stereocenters. The first-order valence-electron chi connectivity index (χ1n) is 5.29. The maximum absolute atomic E-state index is 11.9. The van der Waals surface area contributed by atoms with E-state index in [1.165, 1.54) is 5.01 Å². The van der Waals surface area contributed by atoms with Crippen molar-refractivity contribution in [2.75, 3.05) is 5.01 Å². The molecule has 4 heteroatoms. The molecule has 2 rings (SSSR count). The maximum Gasteiger partial charge on any atom is 0.245 e. The summed E-state index contributed by atoms with van der Waals surface area (Å²) in [5.74, 6) is 5.60. The van der Waals surface area contributed by atoms with Crippen LogP contribution >= 0.6 is 0 Å². The van der Waals surface area contributed by atoms with Gasteiger partial charge in [0, 0.05) is 12.4 Å². The smallest absolute Gasteiger partial charge is 0.245 e. The number of amides is 1. The van der Waals surface area contributed by atoms with Gasteiger partial charge in [0.15, 0.2) is 0 Å². The van der Waals surface area contributed by atoms with E-state index in [2.05, 4.69) is 4.98 Å². The molecule has 0 aliphatic carbocycles. The van der Waals surface area contributed by atoms with E-state index in [9.17, 15) is 4.79 Å². The Morgan fingerprint density at radius 1 is 1.12 bits per heavy atom. The number of nitrogens with zero attached hydrogens (tertiary/aromatic N) is 2. The van der Waals surface area contributed by atoms with Crippen LogP contribution in [0.25, 0.3) is 0 Å². The Morgan fingerprint density at radius 3 is 2.41 bits per heavy atom. The third-order valence-corrected chi connectivity index (χ3v) is 2.41. The van der Waals surface area contributed by atoms with E-state index in [1.807, 2.05) is 18.2 Å². The number of para-hydroxylation sites is 1. The lowest BCUT2D eigenvalue weighted by molar-refractivity contribution is -0.118. The van der Waals surface area contributed by atoms with E-state index in [1.54, 1.807) is 36.7 Å². The number of hydrogen-bond donors (Lipinski definition) is 1. The standard InChI is InChI=1S/C13H13N3O/c14-16(12-4-2-1-3-5-12)13(17)10-11-6-8-15-9-7-11/h1-9H,10,14H2. The van der Waals surface area contributed by atoms with Gasteiger partial charge in [-0.2, -0.15) is 0 Å². The minimum Gasteiger partial charge on any atom is -0.273 e. The number of aromatic nitrogens is 1. The third kappa shape index (κ3) is 2.89. The Morgan fingerprint density at radius 2 is 1.76 bits per heavy atom. The van der Waals surface area contributed by atoms with Crippen LogP contribution in [-0.2, 0) is 11.2 Å². The normalized spacial score (nSPS) is 9.94. The Hall–Kier alpha value is -2.20. The Kier molecular flexibility index (Phi) is 3.47. The summed E-state index contributed by atoms with van der Waals surface area (Å²) in [7, 11) is 0. The van der Waals surface area contributed by atoms with E-state index in [0.29, 0.717) is 5.69 Å². The molecule has 1 amide bonds. The van der Waals surface area contributed by atoms with E-state index >= 15 is 0 Å². The molecule has 17 heavy (non-hydrogen) atoms. The van der Waals surface area contributed by atoms with Gasteiger partial charge in [0.2, 0.25) is 5.91 Å². The summed E-state index contributed by atoms with van der Waals surface area (Å²) in [5, 5.41) is 1.17. The number of benzene rings is 1. The zero-order valence-corrected chi connectivity index (χ0v) is 9.28. The second-order valence-electron chi connectivity index (χ2n) is 3.63. The van der Waals surface area contributed by atoms with Crippen LogP contribution in [0.5, 0.6) is 0 Å². The molecule has 1 aromatic carbocycles. The van der Waals surface area contributed by atoms with Crippen LogP contribution in [-0.4, -0.2) is 10.9 Å². The molecule has 0 radical (unpaired) electrons. The fourth-order valence-electron chi connectivity index (χ4n) is 1.49. The quantitative estimate of drug-likeness (QED) is 0.491. The number of carbonyl (C=O) groups excluding carboxylic acids is 1. The Labute approximate surface area is 99.7 Å². The van der Waals surface area contributed by atoms with Gasteiger partial charge >= 0.3 is 0 Å². The zero-order chi connectivity index (χ0) is 12.1. The summed E-state index contributed by atoms with van der Waals surface area (Å²) in [5.41, 5.74) is 1.59. The van der Waals surface area contributed by atoms with Gasteiger partial charge in [0.1, 0.15) is 0 Å². The fourth-order valence-corrected chi connectivity index (χ4v) is 1.49. The van der Waals surface area contributed by atoms with Crippen LogP contribution in [0, 0.1) is 0 Å². The van der Waals surface area contributed by atoms with Crippen LogP contribution in [0.1, 0.15) is 5.56 Å². The number of carbonyl (C=O) groups is 1. The molecular weight excluding hydrogens is 214 g/mol. The van der Waals surface area contributed by atoms with Gasteiger partial charge in [-0.15, -0.1) is 0 Å². The summed E-state index contributed by atoms with van der Waals surface area (Å²) in [6.07, 6.45) is 3.59. The number of hydrogen-bond acceptors (Lipinski definition) is 3. The minimum atomic E-state index is -0.151. The maximum atomic E-state index is 11.9. The van der Waals surface area contributed by atoms with Crippen molar-refractivity contribution in [3.05, 3.63) is 60.4 Å². The van der Waals surface area contributed by atoms with Crippen molar-refractivity contribution in [1.29, 1.82) is 0 Å². The first kappa shape index (κ1) is 11.3. The van der Waals surface area contributed by atoms with Crippen molar-refractivity contribution in [1.82, 2.24) is 4.98 Å². The SMILES string of the molecule is NN(C(=O)Cc1ccncc1)c1ccccc1. The number of rotatable bonds is 3. The van der Waals surface area contributed by atoms with Gasteiger partial charge in [0.25, 0.3) is 0 Å². The van der Waals surface area contributed by atoms with Crippen molar-refractivity contribution >= 4 is 11.6 Å². The molecular formula is C13H13N3O. The first-order valence-corrected chi connectivity index (χ1v) is 5.29. The molecule has 0 aliphatic heterocycles. The summed E-state index contributed by atoms with van der Waals surface area (Å²) in [6.45, 7) is 0. The second-order valence-corrected chi connectivity index (χ2v) is 3.63. The molecule has 0 saturated heterocycles. The molecule has 1 heterocycles. The molecule has 0 fully saturated rings. The topological polar surface area (TPSA) is 59.2 Å². The van der Waals surface area contributed by atoms with Crippen molar-refractivity contribution < 1.29 is 4.79 Å². The number of pyridine rings is 1. The number of nitrogens with two attached hydrogens (primary N) is 1. The molecule has 2 aromatic rings. The van der Waals surface area contributed by atoms with Crippen LogP contribution in [0.3, 0.4) is 0 Å². The average molecular weight is 227 g/mol. The molecule has 0 bridgehead atoms. The fraction of sp³-hybridized carbons (Fsp3) is 0.0769. The lowest BCUT2D eigenvalue weighted by Crippen LogP contribution is -2.38. The van der Waals surface area contributed by atoms with Gasteiger partial charge in [-0.1, -0.05) is 18.2 Å². The lowest BCUT2D eigenvalue weighted by Gasteiger charge is -2.16. The van der Waals surface area contributed by atoms with E-state index in [0.717, 1.165) is 5.56 Å². The van der Waals surface area contributed by atoms with E-state index < -0.39 is 0 Å². The highest BCUT2D eigenvalue weighted by atomic mass is 16.2. The molecule has 0 saturated carbocycles. The van der Waals surface area contributed by atoms with Gasteiger partial charge < -0.3 is 0 Å². The summed E-state index contributed by atoms with van der Waals surface area (Å²) in [6, 6.07) is 12.8. The largest absolute Gasteiger partial charge is 0.273 e. The third-order valence-electron chi connectivity index (χ3n) is 2.41. The second kappa shape index (κ2) is 5.23. The molecule has 0 atom stereocenters. The highest BCUT2D eigenvalue weighted by Gasteiger charge is 2.11. The zero-order valence-electron chi connectivity index (χ0n) is 9.28. The van der Waals surface area contributed by atoms with Crippen LogP contribution in [0.4, 0.5) is 5.69 Å². The van der Waals surface area contributed by atoms with Gasteiger partial charge in [-0.05, 0) is 29.8 Å². The Bertz CT molecular complexity index is 485. The van der Waals surface area contributed by atoms with Crippen LogP contribution in [0.15, 0.2) is 54.9 Å². The highest BCUT2D eigenvalue weighted by molar-refractivity contribution is 5.93. The molecule has 4 nitrogen and oxygen atoms in total. The predicted octanol–water partition coefficient (Wildman–Crippen LogP) is 1.53. The van der Waals surface area contributed by atoms with Crippen LogP contribution < -0.4 is 10.9 Å². The summed E-state index contributed by atoms with van der Waals surface area (Å²) < 4.78 is 0. The monoisotopic (exact) mass is 227 g/mol. The van der Waals surface area contributed by atoms with Crippen molar-refractivity contribution in [2.45, 2.75) is 6.42 Å². The van der Waals surface area contributed by atoms with Gasteiger partial charge in [-0.3, -0.25) is 9.78 Å². The van der Waals surface area contributed by atoms with Crippen LogP contribution in [0.2, 0.25) is 0 Å². The summed E-state index contributed by atoms with van der Waals surface area (Å²) >= 11 is 0. The van der Waals surface area contributed by atoms with E-state index in [-0.39, 0.29) is 12.3 Å². The first-order chi connectivity index (χ1) is 8.27. The molecule has 0 spiro atoms. The molecule has 86 valence electrons. The molecule has 1 aromatic heterocycles. The number of hydrazine groups is 1. The van der Waals surface area contributed by atoms with Gasteiger partial charge in [0.05, 0.1) is 12.1 Å². The average Bonchev–Trinajstić information content (AvgIpc) is 2.40.